The summed E-state index contributed by atoms with van der Waals surface area (Å²) in [6.07, 6.45) is -5.60. The third kappa shape index (κ3) is 3.05. The normalized spacial score (nSPS) is 14.5. The van der Waals surface area contributed by atoms with Crippen LogP contribution in [0.2, 0.25) is 0 Å². The molecule has 4 nitrogen and oxygen atoms in total. The van der Waals surface area contributed by atoms with Crippen molar-refractivity contribution in [3.63, 3.8) is 0 Å². The topological polar surface area (TPSA) is 46.3 Å². The SMILES string of the molecule is O=C(CC(F)(F)F)N1CCc2onc(-c3cccc4ccccc34)c2C1. The highest BCUT2D eigenvalue weighted by Gasteiger charge is 2.35. The second kappa shape index (κ2) is 6.16. The minimum Gasteiger partial charge on any atom is -0.360 e. The van der Waals surface area contributed by atoms with Gasteiger partial charge in [-0.25, -0.2) is 0 Å². The van der Waals surface area contributed by atoms with E-state index in [2.05, 4.69) is 5.16 Å². The highest BCUT2D eigenvalue weighted by molar-refractivity contribution is 5.96. The predicted molar refractivity (Wildman–Crippen MR) is 89.2 cm³/mol. The van der Waals surface area contributed by atoms with E-state index in [1.54, 1.807) is 0 Å². The minimum absolute atomic E-state index is 0.0757. The van der Waals surface area contributed by atoms with Crippen LogP contribution in [0.3, 0.4) is 0 Å². The number of fused-ring (bicyclic) bond motifs is 2. The van der Waals surface area contributed by atoms with Gasteiger partial charge in [-0.3, -0.25) is 4.79 Å². The molecule has 0 fully saturated rings. The van der Waals surface area contributed by atoms with Gasteiger partial charge in [-0.05, 0) is 10.8 Å². The molecule has 0 saturated heterocycles. The van der Waals surface area contributed by atoms with Crippen LogP contribution in [0.4, 0.5) is 13.2 Å². The lowest BCUT2D eigenvalue weighted by Crippen LogP contribution is -2.37. The average Bonchev–Trinajstić information content (AvgIpc) is 3.02. The number of benzene rings is 2. The van der Waals surface area contributed by atoms with Gasteiger partial charge >= 0.3 is 6.18 Å². The Kier molecular flexibility index (Phi) is 3.94. The molecule has 1 aliphatic rings. The first-order valence-corrected chi connectivity index (χ1v) is 8.22. The van der Waals surface area contributed by atoms with Gasteiger partial charge in [-0.2, -0.15) is 13.2 Å². The number of nitrogens with zero attached hydrogens (tertiary/aromatic N) is 2. The lowest BCUT2D eigenvalue weighted by atomic mass is 9.97. The molecule has 0 saturated carbocycles. The van der Waals surface area contributed by atoms with Crippen LogP contribution in [-0.2, 0) is 17.8 Å². The molecule has 1 aromatic heterocycles. The summed E-state index contributed by atoms with van der Waals surface area (Å²) < 4.78 is 43.0. The van der Waals surface area contributed by atoms with Gasteiger partial charge in [-0.15, -0.1) is 0 Å². The standard InChI is InChI=1S/C19H15F3N2O2/c20-19(21,22)10-17(25)24-9-8-16-15(11-24)18(23-26-16)14-7-3-5-12-4-1-2-6-13(12)14/h1-7H,8-11H2. The summed E-state index contributed by atoms with van der Waals surface area (Å²) in [5.74, 6) is -0.294. The molecule has 1 aliphatic heterocycles. The van der Waals surface area contributed by atoms with Crippen molar-refractivity contribution in [2.45, 2.75) is 25.6 Å². The van der Waals surface area contributed by atoms with Gasteiger partial charge in [0.25, 0.3) is 0 Å². The Morgan fingerprint density at radius 1 is 1.15 bits per heavy atom. The van der Waals surface area contributed by atoms with Crippen LogP contribution < -0.4 is 0 Å². The van der Waals surface area contributed by atoms with Crippen LogP contribution in [0.25, 0.3) is 22.0 Å². The fourth-order valence-electron chi connectivity index (χ4n) is 3.35. The van der Waals surface area contributed by atoms with Crippen molar-refractivity contribution >= 4 is 16.7 Å². The van der Waals surface area contributed by atoms with Crippen LogP contribution in [-0.4, -0.2) is 28.7 Å². The van der Waals surface area contributed by atoms with Crippen molar-refractivity contribution in [1.29, 1.82) is 0 Å². The Balaban J connectivity index is 1.70. The third-order valence-corrected chi connectivity index (χ3v) is 4.58. The van der Waals surface area contributed by atoms with Gasteiger partial charge in [0.2, 0.25) is 5.91 Å². The van der Waals surface area contributed by atoms with E-state index in [9.17, 15) is 18.0 Å². The number of amides is 1. The smallest absolute Gasteiger partial charge is 0.360 e. The molecule has 26 heavy (non-hydrogen) atoms. The first-order valence-electron chi connectivity index (χ1n) is 8.22. The molecular weight excluding hydrogens is 345 g/mol. The largest absolute Gasteiger partial charge is 0.397 e. The van der Waals surface area contributed by atoms with E-state index in [1.807, 2.05) is 42.5 Å². The molecule has 2 aromatic carbocycles. The third-order valence-electron chi connectivity index (χ3n) is 4.58. The lowest BCUT2D eigenvalue weighted by Gasteiger charge is -2.26. The molecule has 0 aliphatic carbocycles. The number of alkyl halides is 3. The van der Waals surface area contributed by atoms with Crippen molar-refractivity contribution in [2.75, 3.05) is 6.54 Å². The van der Waals surface area contributed by atoms with E-state index in [4.69, 9.17) is 4.52 Å². The van der Waals surface area contributed by atoms with Crippen molar-refractivity contribution in [3.05, 3.63) is 53.8 Å². The number of aromatic nitrogens is 1. The number of carbonyl (C=O) groups is 1. The molecule has 0 radical (unpaired) electrons. The molecule has 0 atom stereocenters. The van der Waals surface area contributed by atoms with E-state index < -0.39 is 18.5 Å². The number of halogens is 3. The fourth-order valence-corrected chi connectivity index (χ4v) is 3.35. The summed E-state index contributed by atoms with van der Waals surface area (Å²) in [6, 6.07) is 13.6. The second-order valence-corrected chi connectivity index (χ2v) is 6.32. The van der Waals surface area contributed by atoms with Crippen molar-refractivity contribution in [3.8, 4) is 11.3 Å². The lowest BCUT2D eigenvalue weighted by molar-refractivity contribution is -0.162. The van der Waals surface area contributed by atoms with Crippen LogP contribution in [0.1, 0.15) is 17.7 Å². The van der Waals surface area contributed by atoms with Gasteiger partial charge in [0.1, 0.15) is 17.9 Å². The molecule has 0 N–H and O–H groups in total. The Hall–Kier alpha value is -2.83. The first-order chi connectivity index (χ1) is 12.4. The summed E-state index contributed by atoms with van der Waals surface area (Å²) in [5, 5.41) is 6.16. The van der Waals surface area contributed by atoms with Crippen LogP contribution in [0, 0.1) is 0 Å². The molecule has 4 rings (SSSR count). The summed E-state index contributed by atoms with van der Waals surface area (Å²) in [7, 11) is 0. The maximum absolute atomic E-state index is 12.5. The highest BCUT2D eigenvalue weighted by Crippen LogP contribution is 2.34. The quantitative estimate of drug-likeness (QED) is 0.683. The zero-order valence-corrected chi connectivity index (χ0v) is 13.7. The summed E-state index contributed by atoms with van der Waals surface area (Å²) in [6.45, 7) is 0.276. The van der Waals surface area contributed by atoms with Crippen LogP contribution in [0.15, 0.2) is 47.0 Å². The molecule has 0 bridgehead atoms. The molecule has 134 valence electrons. The molecule has 7 heteroatoms. The van der Waals surface area contributed by atoms with E-state index in [0.717, 1.165) is 16.3 Å². The maximum Gasteiger partial charge on any atom is 0.397 e. The van der Waals surface area contributed by atoms with Gasteiger partial charge in [0.05, 0.1) is 6.54 Å². The second-order valence-electron chi connectivity index (χ2n) is 6.32. The number of hydrogen-bond acceptors (Lipinski definition) is 3. The Morgan fingerprint density at radius 3 is 2.73 bits per heavy atom. The molecular formula is C19H15F3N2O2. The maximum atomic E-state index is 12.5. The van der Waals surface area contributed by atoms with E-state index >= 15 is 0 Å². The average molecular weight is 360 g/mol. The van der Waals surface area contributed by atoms with Gasteiger partial charge in [0, 0.05) is 24.1 Å². The van der Waals surface area contributed by atoms with Crippen molar-refractivity contribution in [1.82, 2.24) is 10.1 Å². The molecule has 1 amide bonds. The summed E-state index contributed by atoms with van der Waals surface area (Å²) in [5.41, 5.74) is 2.11. The summed E-state index contributed by atoms with van der Waals surface area (Å²) in [4.78, 5) is 13.2. The summed E-state index contributed by atoms with van der Waals surface area (Å²) >= 11 is 0. The zero-order valence-electron chi connectivity index (χ0n) is 13.7. The van der Waals surface area contributed by atoms with Gasteiger partial charge in [0.15, 0.2) is 0 Å². The monoisotopic (exact) mass is 360 g/mol. The Bertz CT molecular complexity index is 973. The first kappa shape index (κ1) is 16.6. The van der Waals surface area contributed by atoms with Crippen LogP contribution >= 0.6 is 0 Å². The number of hydrogen-bond donors (Lipinski definition) is 0. The zero-order chi connectivity index (χ0) is 18.3. The predicted octanol–water partition coefficient (Wildman–Crippen LogP) is 4.33. The highest BCUT2D eigenvalue weighted by atomic mass is 19.4. The number of carbonyl (C=O) groups excluding carboxylic acids is 1. The van der Waals surface area contributed by atoms with E-state index in [1.165, 1.54) is 4.90 Å². The Morgan fingerprint density at radius 2 is 1.92 bits per heavy atom. The Labute approximate surface area is 147 Å². The van der Waals surface area contributed by atoms with E-state index in [-0.39, 0.29) is 13.1 Å². The van der Waals surface area contributed by atoms with Crippen molar-refractivity contribution < 1.29 is 22.5 Å². The van der Waals surface area contributed by atoms with Crippen molar-refractivity contribution in [2.24, 2.45) is 0 Å². The molecule has 3 aromatic rings. The molecule has 0 unspecified atom stereocenters. The van der Waals surface area contributed by atoms with Gasteiger partial charge < -0.3 is 9.42 Å². The molecule has 2 heterocycles. The number of rotatable bonds is 2. The van der Waals surface area contributed by atoms with Crippen LogP contribution in [0.5, 0.6) is 0 Å². The van der Waals surface area contributed by atoms with Gasteiger partial charge in [-0.1, -0.05) is 47.6 Å². The fraction of sp³-hybridized carbons (Fsp3) is 0.263. The molecule has 0 spiro atoms. The minimum atomic E-state index is -4.51. The van der Waals surface area contributed by atoms with E-state index in [0.29, 0.717) is 23.4 Å².